The number of hydrogen-bond acceptors (Lipinski definition) is 8. The van der Waals surface area contributed by atoms with E-state index in [0.717, 1.165) is 38.3 Å². The summed E-state index contributed by atoms with van der Waals surface area (Å²) in [6, 6.07) is 8.28. The van der Waals surface area contributed by atoms with E-state index < -0.39 is 17.9 Å². The molecule has 0 bridgehead atoms. The minimum atomic E-state index is -1.04. The van der Waals surface area contributed by atoms with Crippen LogP contribution >= 0.6 is 23.5 Å². The molecule has 2 aromatic carbocycles. The van der Waals surface area contributed by atoms with Crippen molar-refractivity contribution in [2.75, 3.05) is 0 Å². The number of aldehydes is 1. The van der Waals surface area contributed by atoms with Gasteiger partial charge in [0, 0.05) is 32.9 Å². The van der Waals surface area contributed by atoms with E-state index in [2.05, 4.69) is 94.4 Å². The third kappa shape index (κ3) is 11.5. The quantitative estimate of drug-likeness (QED) is 0.0785. The number of ether oxygens (including phenoxy) is 2. The van der Waals surface area contributed by atoms with E-state index in [9.17, 15) is 19.2 Å². The van der Waals surface area contributed by atoms with Gasteiger partial charge in [-0.05, 0) is 66.8 Å². The number of thioether (sulfide) groups is 2. The first-order chi connectivity index (χ1) is 20.4. The van der Waals surface area contributed by atoms with Crippen LogP contribution in [0.2, 0.25) is 0 Å². The van der Waals surface area contributed by atoms with Gasteiger partial charge in [0.15, 0.2) is 0 Å². The zero-order valence-corrected chi connectivity index (χ0v) is 30.6. The smallest absolute Gasteiger partial charge is 0.311 e. The Morgan fingerprint density at radius 2 is 1.07 bits per heavy atom. The topological polar surface area (TPSA) is 107 Å². The van der Waals surface area contributed by atoms with Crippen LogP contribution in [-0.4, -0.2) is 33.4 Å². The molecule has 9 heteroatoms. The molecule has 0 spiro atoms. The predicted octanol–water partition coefficient (Wildman–Crippen LogP) is 9.16. The highest BCUT2D eigenvalue weighted by atomic mass is 32.2. The van der Waals surface area contributed by atoms with Gasteiger partial charge in [0.1, 0.15) is 17.8 Å². The van der Waals surface area contributed by atoms with E-state index in [0.29, 0.717) is 11.5 Å². The molecule has 0 atom stereocenters. The molecule has 0 radical (unpaired) electrons. The number of carbonyl (C=O) groups excluding carboxylic acids is 3. The lowest BCUT2D eigenvalue weighted by atomic mass is 9.79. The van der Waals surface area contributed by atoms with Gasteiger partial charge >= 0.3 is 17.9 Å². The second-order valence-electron chi connectivity index (χ2n) is 14.9. The number of benzene rings is 2. The molecule has 7 nitrogen and oxygen atoms in total. The number of carbonyl (C=O) groups is 4. The SMILES string of the molecule is Cc1cc(SC(C)(C)Sc2cc(C(C)(C)C)c(OC(=O)CCC(=O)O)c(C(C)(C)C)c2)cc(C(C)(C)C)c1OC(=O)CCC=O. The van der Waals surface area contributed by atoms with Gasteiger partial charge in [0.25, 0.3) is 0 Å². The standard InChI is InChI=1S/C36H50O7S2/c1-22-18-23(19-25(33(2,3)4)31(22)42-29(40)14-13-17-37)44-36(11,12)45-24-20-26(34(5,6)7)32(27(21-24)35(8,9)10)43-30(41)16-15-28(38)39/h17-21H,13-16H2,1-12H3,(H,38,39). The molecule has 1 N–H and O–H groups in total. The van der Waals surface area contributed by atoms with Crippen molar-refractivity contribution in [1.29, 1.82) is 0 Å². The van der Waals surface area contributed by atoms with Crippen molar-refractivity contribution in [3.05, 3.63) is 46.5 Å². The molecule has 2 rings (SSSR count). The molecule has 0 saturated heterocycles. The van der Waals surface area contributed by atoms with Crippen LogP contribution in [0.5, 0.6) is 11.5 Å². The van der Waals surface area contributed by atoms with Crippen molar-refractivity contribution in [3.8, 4) is 11.5 Å². The summed E-state index contributed by atoms with van der Waals surface area (Å²) in [5.74, 6) is -0.976. The van der Waals surface area contributed by atoms with Crippen molar-refractivity contribution in [3.63, 3.8) is 0 Å². The van der Waals surface area contributed by atoms with Gasteiger partial charge in [-0.2, -0.15) is 0 Å². The van der Waals surface area contributed by atoms with Crippen LogP contribution in [0.25, 0.3) is 0 Å². The fourth-order valence-corrected chi connectivity index (χ4v) is 7.33. The van der Waals surface area contributed by atoms with E-state index in [4.69, 9.17) is 14.6 Å². The maximum absolute atomic E-state index is 12.7. The van der Waals surface area contributed by atoms with E-state index in [-0.39, 0.29) is 46.0 Å². The summed E-state index contributed by atoms with van der Waals surface area (Å²) < 4.78 is 11.3. The summed E-state index contributed by atoms with van der Waals surface area (Å²) in [7, 11) is 0. The molecule has 45 heavy (non-hydrogen) atoms. The Balaban J connectivity index is 2.54. The third-order valence-corrected chi connectivity index (χ3v) is 9.33. The minimum absolute atomic E-state index is 0.0418. The zero-order chi connectivity index (χ0) is 34.5. The maximum atomic E-state index is 12.7. The lowest BCUT2D eigenvalue weighted by Gasteiger charge is -2.32. The van der Waals surface area contributed by atoms with E-state index >= 15 is 0 Å². The average Bonchev–Trinajstić information content (AvgIpc) is 2.85. The van der Waals surface area contributed by atoms with Gasteiger partial charge < -0.3 is 19.4 Å². The molecule has 0 aromatic heterocycles. The first-order valence-electron chi connectivity index (χ1n) is 15.2. The molecule has 248 valence electrons. The van der Waals surface area contributed by atoms with Gasteiger partial charge in [0.2, 0.25) is 0 Å². The number of esters is 2. The molecule has 0 aliphatic carbocycles. The summed E-state index contributed by atoms with van der Waals surface area (Å²) in [4.78, 5) is 49.0. The maximum Gasteiger partial charge on any atom is 0.311 e. The second kappa shape index (κ2) is 14.8. The fourth-order valence-electron chi connectivity index (χ4n) is 4.68. The first kappa shape index (κ1) is 38.4. The van der Waals surface area contributed by atoms with Crippen LogP contribution in [0.4, 0.5) is 0 Å². The molecule has 0 unspecified atom stereocenters. The number of rotatable bonds is 12. The predicted molar refractivity (Wildman–Crippen MR) is 183 cm³/mol. The Kier molecular flexibility index (Phi) is 12.6. The zero-order valence-electron chi connectivity index (χ0n) is 28.9. The largest absolute Gasteiger partial charge is 0.481 e. The van der Waals surface area contributed by atoms with E-state index in [1.165, 1.54) is 0 Å². The molecular weight excluding hydrogens is 609 g/mol. The molecule has 0 aliphatic rings. The monoisotopic (exact) mass is 658 g/mol. The van der Waals surface area contributed by atoms with Crippen LogP contribution in [0.3, 0.4) is 0 Å². The van der Waals surface area contributed by atoms with Crippen molar-refractivity contribution < 1.29 is 33.8 Å². The van der Waals surface area contributed by atoms with Crippen molar-refractivity contribution in [1.82, 2.24) is 0 Å². The van der Waals surface area contributed by atoms with Crippen LogP contribution in [-0.2, 0) is 35.4 Å². The highest BCUT2D eigenvalue weighted by molar-refractivity contribution is 8.18. The number of aliphatic carboxylic acids is 1. The van der Waals surface area contributed by atoms with Gasteiger partial charge in [-0.25, -0.2) is 0 Å². The lowest BCUT2D eigenvalue weighted by Crippen LogP contribution is -2.22. The van der Waals surface area contributed by atoms with E-state index in [1.807, 2.05) is 13.0 Å². The van der Waals surface area contributed by atoms with Crippen LogP contribution in [0.1, 0.15) is 124 Å². The number of hydrogen-bond donors (Lipinski definition) is 1. The Hall–Kier alpha value is -2.78. The van der Waals surface area contributed by atoms with Crippen LogP contribution in [0.15, 0.2) is 34.1 Å². The lowest BCUT2D eigenvalue weighted by molar-refractivity contribution is -0.142. The average molecular weight is 659 g/mol. The van der Waals surface area contributed by atoms with Crippen LogP contribution < -0.4 is 9.47 Å². The summed E-state index contributed by atoms with van der Waals surface area (Å²) >= 11 is 3.43. The molecule has 0 aliphatic heterocycles. The highest BCUT2D eigenvalue weighted by Gasteiger charge is 2.32. The molecule has 2 aromatic rings. The summed E-state index contributed by atoms with van der Waals surface area (Å²) in [6.07, 6.45) is 0.406. The van der Waals surface area contributed by atoms with Crippen molar-refractivity contribution in [2.45, 2.75) is 139 Å². The van der Waals surface area contributed by atoms with Crippen molar-refractivity contribution in [2.24, 2.45) is 0 Å². The van der Waals surface area contributed by atoms with Crippen molar-refractivity contribution >= 4 is 47.7 Å². The molecular formula is C36H50O7S2. The van der Waals surface area contributed by atoms with Crippen LogP contribution in [0, 0.1) is 6.92 Å². The Bertz CT molecular complexity index is 1390. The normalized spacial score (nSPS) is 12.5. The number of aryl methyl sites for hydroxylation is 1. The molecule has 0 fully saturated rings. The second-order valence-corrected chi connectivity index (χ2v) is 18.5. The highest BCUT2D eigenvalue weighted by Crippen LogP contribution is 2.50. The molecule has 0 amide bonds. The van der Waals surface area contributed by atoms with Gasteiger partial charge in [-0.3, -0.25) is 14.4 Å². The molecule has 0 heterocycles. The number of carboxylic acid groups (broad SMARTS) is 1. The van der Waals surface area contributed by atoms with Gasteiger partial charge in [-0.15, -0.1) is 23.5 Å². The minimum Gasteiger partial charge on any atom is -0.481 e. The molecule has 0 saturated carbocycles. The Labute approximate surface area is 277 Å². The summed E-state index contributed by atoms with van der Waals surface area (Å²) in [5, 5.41) is 9.05. The van der Waals surface area contributed by atoms with Gasteiger partial charge in [-0.1, -0.05) is 62.3 Å². The van der Waals surface area contributed by atoms with Gasteiger partial charge in [0.05, 0.1) is 23.3 Å². The third-order valence-electron chi connectivity index (χ3n) is 6.90. The fraction of sp³-hybridized carbons (Fsp3) is 0.556. The summed E-state index contributed by atoms with van der Waals surface area (Å²) in [6.45, 7) is 24.9. The Morgan fingerprint density at radius 3 is 1.49 bits per heavy atom. The summed E-state index contributed by atoms with van der Waals surface area (Å²) in [5.41, 5.74) is 2.54. The Morgan fingerprint density at radius 1 is 0.667 bits per heavy atom. The number of carboxylic acids is 1. The first-order valence-corrected chi connectivity index (χ1v) is 16.9. The van der Waals surface area contributed by atoms with E-state index in [1.54, 1.807) is 23.5 Å².